The fourth-order valence-corrected chi connectivity index (χ4v) is 0.610. The summed E-state index contributed by atoms with van der Waals surface area (Å²) in [5.41, 5.74) is 1.24. The lowest BCUT2D eigenvalue weighted by Gasteiger charge is -1.94. The Bertz CT molecular complexity index is 123. The van der Waals surface area contributed by atoms with Crippen LogP contribution in [0.1, 0.15) is 26.7 Å². The molecule has 0 rings (SSSR count). The molecule has 0 aliphatic rings. The van der Waals surface area contributed by atoms with E-state index in [9.17, 15) is 0 Å². The minimum atomic E-state index is 1.04. The monoisotopic (exact) mass is 139 g/mol. The highest BCUT2D eigenvalue weighted by molar-refractivity contribution is 4.99. The third kappa shape index (κ3) is 5.42. The van der Waals surface area contributed by atoms with Crippen molar-refractivity contribution >= 4 is 0 Å². The zero-order valence-corrected chi connectivity index (χ0v) is 7.15. The number of nitrogens with one attached hydrogen (secondary N) is 1. The zero-order valence-electron chi connectivity index (χ0n) is 7.15. The SMILES string of the molecule is CC/C=C\C/C=C(\C)NC. The van der Waals surface area contributed by atoms with Crippen LogP contribution in [0.4, 0.5) is 0 Å². The van der Waals surface area contributed by atoms with Crippen molar-refractivity contribution in [3.05, 3.63) is 23.9 Å². The molecular formula is C9H17N. The van der Waals surface area contributed by atoms with Crippen LogP contribution in [-0.4, -0.2) is 7.05 Å². The average Bonchev–Trinajstić information content (AvgIpc) is 1.98. The van der Waals surface area contributed by atoms with Crippen LogP contribution < -0.4 is 5.32 Å². The topological polar surface area (TPSA) is 12.0 Å². The van der Waals surface area contributed by atoms with Crippen LogP contribution in [-0.2, 0) is 0 Å². The van der Waals surface area contributed by atoms with Crippen LogP contribution in [0.25, 0.3) is 0 Å². The Morgan fingerprint density at radius 2 is 2.10 bits per heavy atom. The summed E-state index contributed by atoms with van der Waals surface area (Å²) in [6.45, 7) is 4.21. The summed E-state index contributed by atoms with van der Waals surface area (Å²) in [5.74, 6) is 0. The Balaban J connectivity index is 3.42. The van der Waals surface area contributed by atoms with Gasteiger partial charge in [0.05, 0.1) is 0 Å². The summed E-state index contributed by atoms with van der Waals surface area (Å²) >= 11 is 0. The van der Waals surface area contributed by atoms with Crippen LogP contribution in [0.15, 0.2) is 23.9 Å². The van der Waals surface area contributed by atoms with Gasteiger partial charge in [0.2, 0.25) is 0 Å². The summed E-state index contributed by atoms with van der Waals surface area (Å²) in [7, 11) is 1.94. The molecule has 0 heterocycles. The van der Waals surface area contributed by atoms with E-state index >= 15 is 0 Å². The molecular weight excluding hydrogens is 122 g/mol. The van der Waals surface area contributed by atoms with E-state index < -0.39 is 0 Å². The summed E-state index contributed by atoms with van der Waals surface area (Å²) in [4.78, 5) is 0. The predicted octanol–water partition coefficient (Wildman–Crippen LogP) is 2.47. The molecule has 0 aromatic rings. The summed E-state index contributed by atoms with van der Waals surface area (Å²) in [6.07, 6.45) is 8.71. The Morgan fingerprint density at radius 3 is 2.60 bits per heavy atom. The lowest BCUT2D eigenvalue weighted by molar-refractivity contribution is 0.975. The molecule has 1 N–H and O–H groups in total. The normalized spacial score (nSPS) is 12.5. The fourth-order valence-electron chi connectivity index (χ4n) is 0.610. The van der Waals surface area contributed by atoms with Crippen molar-refractivity contribution in [2.24, 2.45) is 0 Å². The van der Waals surface area contributed by atoms with Gasteiger partial charge in [-0.05, 0) is 19.8 Å². The maximum absolute atomic E-state index is 3.07. The van der Waals surface area contributed by atoms with E-state index in [2.05, 4.69) is 37.4 Å². The molecule has 1 heteroatoms. The second kappa shape index (κ2) is 6.40. The van der Waals surface area contributed by atoms with Gasteiger partial charge in [0, 0.05) is 12.7 Å². The van der Waals surface area contributed by atoms with Gasteiger partial charge in [-0.3, -0.25) is 0 Å². The molecule has 0 fully saturated rings. The summed E-state index contributed by atoms with van der Waals surface area (Å²) in [5, 5.41) is 3.07. The number of hydrogen-bond acceptors (Lipinski definition) is 1. The molecule has 0 aliphatic carbocycles. The molecule has 0 spiro atoms. The standard InChI is InChI=1S/C9H17N/c1-4-5-6-7-8-9(2)10-3/h5-6,8,10H,4,7H2,1-3H3/b6-5-,9-8+. The Labute approximate surface area is 63.8 Å². The van der Waals surface area contributed by atoms with Crippen LogP contribution in [0.3, 0.4) is 0 Å². The van der Waals surface area contributed by atoms with Crippen molar-refractivity contribution in [3.8, 4) is 0 Å². The van der Waals surface area contributed by atoms with E-state index in [1.54, 1.807) is 0 Å². The zero-order chi connectivity index (χ0) is 7.82. The fraction of sp³-hybridized carbons (Fsp3) is 0.556. The number of rotatable bonds is 4. The molecule has 0 aromatic carbocycles. The Hall–Kier alpha value is -0.720. The van der Waals surface area contributed by atoms with Gasteiger partial charge < -0.3 is 5.32 Å². The average molecular weight is 139 g/mol. The van der Waals surface area contributed by atoms with E-state index in [4.69, 9.17) is 0 Å². The highest BCUT2D eigenvalue weighted by Gasteiger charge is 1.77. The van der Waals surface area contributed by atoms with E-state index in [0.717, 1.165) is 12.8 Å². The molecule has 0 atom stereocenters. The molecule has 0 saturated heterocycles. The van der Waals surface area contributed by atoms with Gasteiger partial charge >= 0.3 is 0 Å². The highest BCUT2D eigenvalue weighted by atomic mass is 14.8. The maximum Gasteiger partial charge on any atom is 0.00350 e. The first kappa shape index (κ1) is 9.28. The van der Waals surface area contributed by atoms with Gasteiger partial charge in [-0.15, -0.1) is 0 Å². The van der Waals surface area contributed by atoms with Gasteiger partial charge in [0.1, 0.15) is 0 Å². The van der Waals surface area contributed by atoms with Crippen molar-refractivity contribution in [1.82, 2.24) is 5.32 Å². The van der Waals surface area contributed by atoms with Crippen LogP contribution in [0, 0.1) is 0 Å². The minimum Gasteiger partial charge on any atom is -0.392 e. The van der Waals surface area contributed by atoms with Crippen LogP contribution >= 0.6 is 0 Å². The number of hydrogen-bond donors (Lipinski definition) is 1. The molecule has 58 valence electrons. The molecule has 0 aliphatic heterocycles. The smallest absolute Gasteiger partial charge is 0.00350 e. The lowest BCUT2D eigenvalue weighted by atomic mass is 10.3. The molecule has 0 amide bonds. The predicted molar refractivity (Wildman–Crippen MR) is 46.9 cm³/mol. The Morgan fingerprint density at radius 1 is 1.40 bits per heavy atom. The highest BCUT2D eigenvalue weighted by Crippen LogP contribution is 1.92. The summed E-state index contributed by atoms with van der Waals surface area (Å²) < 4.78 is 0. The second-order valence-corrected chi connectivity index (χ2v) is 2.25. The van der Waals surface area contributed by atoms with Crippen LogP contribution in [0.2, 0.25) is 0 Å². The maximum atomic E-state index is 3.07. The van der Waals surface area contributed by atoms with Gasteiger partial charge in [-0.1, -0.05) is 25.2 Å². The molecule has 0 bridgehead atoms. The third-order valence-corrected chi connectivity index (χ3v) is 1.36. The molecule has 10 heavy (non-hydrogen) atoms. The van der Waals surface area contributed by atoms with E-state index in [0.29, 0.717) is 0 Å². The van der Waals surface area contributed by atoms with Gasteiger partial charge in [0.25, 0.3) is 0 Å². The van der Waals surface area contributed by atoms with E-state index in [-0.39, 0.29) is 0 Å². The first-order chi connectivity index (χ1) is 4.81. The van der Waals surface area contributed by atoms with Crippen molar-refractivity contribution in [2.75, 3.05) is 7.05 Å². The van der Waals surface area contributed by atoms with Gasteiger partial charge in [-0.25, -0.2) is 0 Å². The van der Waals surface area contributed by atoms with Crippen molar-refractivity contribution in [2.45, 2.75) is 26.7 Å². The number of allylic oxidation sites excluding steroid dienone is 4. The molecule has 1 nitrogen and oxygen atoms in total. The summed E-state index contributed by atoms with van der Waals surface area (Å²) in [6, 6.07) is 0. The van der Waals surface area contributed by atoms with Crippen molar-refractivity contribution in [1.29, 1.82) is 0 Å². The Kier molecular flexibility index (Phi) is 5.94. The lowest BCUT2D eigenvalue weighted by Crippen LogP contribution is -2.00. The molecule has 0 aromatic heterocycles. The molecule has 0 saturated carbocycles. The molecule has 0 unspecified atom stereocenters. The van der Waals surface area contributed by atoms with Gasteiger partial charge in [0.15, 0.2) is 0 Å². The minimum absolute atomic E-state index is 1.04. The van der Waals surface area contributed by atoms with E-state index in [1.807, 2.05) is 7.05 Å². The molecule has 0 radical (unpaired) electrons. The van der Waals surface area contributed by atoms with E-state index in [1.165, 1.54) is 5.70 Å². The first-order valence-corrected chi connectivity index (χ1v) is 3.80. The van der Waals surface area contributed by atoms with Crippen molar-refractivity contribution < 1.29 is 0 Å². The third-order valence-electron chi connectivity index (χ3n) is 1.36. The quantitative estimate of drug-likeness (QED) is 0.590. The first-order valence-electron chi connectivity index (χ1n) is 3.80. The van der Waals surface area contributed by atoms with Crippen molar-refractivity contribution in [3.63, 3.8) is 0 Å². The van der Waals surface area contributed by atoms with Crippen LogP contribution in [0.5, 0.6) is 0 Å². The second-order valence-electron chi connectivity index (χ2n) is 2.25. The largest absolute Gasteiger partial charge is 0.392 e. The van der Waals surface area contributed by atoms with Gasteiger partial charge in [-0.2, -0.15) is 0 Å².